The van der Waals surface area contributed by atoms with Gasteiger partial charge < -0.3 is 19.5 Å². The zero-order chi connectivity index (χ0) is 31.8. The maximum atomic E-state index is 11.9. The van der Waals surface area contributed by atoms with E-state index in [0.717, 1.165) is 27.8 Å². The number of carbonyl (C=O) groups is 2. The van der Waals surface area contributed by atoms with Crippen LogP contribution in [-0.2, 0) is 19.1 Å². The highest BCUT2D eigenvalue weighted by Crippen LogP contribution is 2.41. The SMILES string of the molecule is CC1=C(Cl)[C@H](c2ccccc2)OC1=O.CC1=C(c2ccc(C)cc2)[C@H](c2ccccc2)OC1=O.Cc1ccc(B(O)O)cc1. The predicted molar refractivity (Wildman–Crippen MR) is 174 cm³/mol. The molecule has 0 spiro atoms. The van der Waals surface area contributed by atoms with Gasteiger partial charge in [-0.1, -0.05) is 132 Å². The standard InChI is InChI=1S/C18H16O2.C11H9ClO2.C7H9BO2/c1-12-8-10-14(11-9-12)16-13(2)18(19)20-17(16)15-6-4-3-5-7-15;1-7-9(12)10(14-11(7)13)8-5-3-2-4-6-8;1-6-2-4-7(5-3-6)8(9)10/h3-11,17H,1-2H3;2-6,10H,1H3;2-5,9-10H,1H3/t17-;10-;/m00./s1. The molecule has 0 fully saturated rings. The minimum absolute atomic E-state index is 0.227. The maximum absolute atomic E-state index is 11.9. The molecule has 4 aromatic carbocycles. The maximum Gasteiger partial charge on any atom is 0.488 e. The lowest BCUT2D eigenvalue weighted by molar-refractivity contribution is -0.140. The molecular weight excluding hydrogens is 575 g/mol. The van der Waals surface area contributed by atoms with Gasteiger partial charge in [0, 0.05) is 11.1 Å². The second kappa shape index (κ2) is 14.8. The summed E-state index contributed by atoms with van der Waals surface area (Å²) in [5.74, 6) is -0.557. The Labute approximate surface area is 263 Å². The summed E-state index contributed by atoms with van der Waals surface area (Å²) in [6.07, 6.45) is -0.711. The second-order valence-electron chi connectivity index (χ2n) is 10.6. The first kappa shape index (κ1) is 32.5. The summed E-state index contributed by atoms with van der Waals surface area (Å²) in [6.45, 7) is 7.51. The van der Waals surface area contributed by atoms with E-state index < -0.39 is 13.2 Å². The fraction of sp³-hybridized carbons (Fsp3) is 0.167. The van der Waals surface area contributed by atoms with Gasteiger partial charge in [-0.05, 0) is 49.8 Å². The van der Waals surface area contributed by atoms with Crippen LogP contribution in [-0.4, -0.2) is 29.1 Å². The third-order valence-corrected chi connectivity index (χ3v) is 7.74. The van der Waals surface area contributed by atoms with E-state index in [1.807, 2.05) is 98.8 Å². The summed E-state index contributed by atoms with van der Waals surface area (Å²) in [6, 6.07) is 34.6. The molecule has 2 heterocycles. The Hall–Kier alpha value is -4.43. The Kier molecular flexibility index (Phi) is 11.0. The zero-order valence-corrected chi connectivity index (χ0v) is 25.8. The van der Waals surface area contributed by atoms with Crippen LogP contribution in [0, 0.1) is 13.8 Å². The van der Waals surface area contributed by atoms with Gasteiger partial charge in [0.05, 0.1) is 10.6 Å². The number of hydrogen-bond acceptors (Lipinski definition) is 6. The lowest BCUT2D eigenvalue weighted by atomic mass is 9.80. The van der Waals surface area contributed by atoms with E-state index in [9.17, 15) is 9.59 Å². The van der Waals surface area contributed by atoms with Crippen molar-refractivity contribution in [3.05, 3.63) is 153 Å². The van der Waals surface area contributed by atoms with Crippen molar-refractivity contribution in [1.29, 1.82) is 0 Å². The van der Waals surface area contributed by atoms with Gasteiger partial charge >= 0.3 is 19.1 Å². The molecule has 0 saturated carbocycles. The van der Waals surface area contributed by atoms with Gasteiger partial charge in [0.25, 0.3) is 0 Å². The predicted octanol–water partition coefficient (Wildman–Crippen LogP) is 6.54. The monoisotopic (exact) mass is 608 g/mol. The molecule has 0 radical (unpaired) electrons. The van der Waals surface area contributed by atoms with Crippen LogP contribution in [0.2, 0.25) is 0 Å². The highest BCUT2D eigenvalue weighted by atomic mass is 35.5. The summed E-state index contributed by atoms with van der Waals surface area (Å²) < 4.78 is 10.7. The van der Waals surface area contributed by atoms with Crippen LogP contribution in [0.3, 0.4) is 0 Å². The first-order chi connectivity index (χ1) is 21.1. The second-order valence-corrected chi connectivity index (χ2v) is 11.0. The van der Waals surface area contributed by atoms with Crippen molar-refractivity contribution < 1.29 is 29.1 Å². The normalized spacial score (nSPS) is 17.2. The molecule has 0 unspecified atom stereocenters. The molecule has 6 nitrogen and oxygen atoms in total. The number of carbonyl (C=O) groups excluding carboxylic acids is 2. The van der Waals surface area contributed by atoms with E-state index in [1.54, 1.807) is 19.1 Å². The van der Waals surface area contributed by atoms with Crippen molar-refractivity contribution in [2.45, 2.75) is 39.9 Å². The zero-order valence-electron chi connectivity index (χ0n) is 25.0. The van der Waals surface area contributed by atoms with E-state index in [0.29, 0.717) is 21.6 Å². The molecule has 0 amide bonds. The fourth-order valence-corrected chi connectivity index (χ4v) is 4.89. The molecule has 0 bridgehead atoms. The van der Waals surface area contributed by atoms with Gasteiger partial charge in [0.15, 0.2) is 12.2 Å². The molecular formula is C36H34BClO6. The first-order valence-electron chi connectivity index (χ1n) is 14.2. The summed E-state index contributed by atoms with van der Waals surface area (Å²) in [4.78, 5) is 23.1. The van der Waals surface area contributed by atoms with E-state index in [1.165, 1.54) is 5.56 Å². The van der Waals surface area contributed by atoms with Crippen LogP contribution < -0.4 is 5.46 Å². The fourth-order valence-electron chi connectivity index (χ4n) is 4.65. The van der Waals surface area contributed by atoms with Crippen molar-refractivity contribution in [1.82, 2.24) is 0 Å². The number of cyclic esters (lactones) is 2. The number of ether oxygens (including phenoxy) is 2. The average molecular weight is 609 g/mol. The quantitative estimate of drug-likeness (QED) is 0.202. The summed E-state index contributed by atoms with van der Waals surface area (Å²) in [5.41, 5.74) is 7.98. The van der Waals surface area contributed by atoms with Gasteiger partial charge in [-0.3, -0.25) is 0 Å². The molecule has 0 saturated heterocycles. The summed E-state index contributed by atoms with van der Waals surface area (Å²) in [7, 11) is -1.35. The number of benzene rings is 4. The molecule has 2 aliphatic rings. The topological polar surface area (TPSA) is 93.1 Å². The van der Waals surface area contributed by atoms with Crippen molar-refractivity contribution >= 4 is 41.7 Å². The molecule has 6 rings (SSSR count). The van der Waals surface area contributed by atoms with Crippen LogP contribution in [0.1, 0.15) is 53.9 Å². The lowest BCUT2D eigenvalue weighted by Crippen LogP contribution is -2.29. The van der Waals surface area contributed by atoms with E-state index in [4.69, 9.17) is 31.1 Å². The highest BCUT2D eigenvalue weighted by Gasteiger charge is 2.33. The lowest BCUT2D eigenvalue weighted by Gasteiger charge is -2.15. The summed E-state index contributed by atoms with van der Waals surface area (Å²) >= 11 is 5.99. The van der Waals surface area contributed by atoms with Crippen molar-refractivity contribution in [2.24, 2.45) is 0 Å². The number of esters is 2. The Morgan fingerprint density at radius 2 is 1.02 bits per heavy atom. The van der Waals surface area contributed by atoms with Gasteiger partial charge in [0.1, 0.15) is 0 Å². The molecule has 0 aliphatic carbocycles. The third kappa shape index (κ3) is 7.94. The Morgan fingerprint density at radius 3 is 1.48 bits per heavy atom. The Balaban J connectivity index is 0.000000161. The Bertz CT molecular complexity index is 1650. The van der Waals surface area contributed by atoms with E-state index >= 15 is 0 Å². The van der Waals surface area contributed by atoms with Crippen LogP contribution in [0.15, 0.2) is 125 Å². The van der Waals surface area contributed by atoms with Crippen LogP contribution in [0.25, 0.3) is 5.57 Å². The van der Waals surface area contributed by atoms with Crippen LogP contribution in [0.4, 0.5) is 0 Å². The minimum atomic E-state index is -1.35. The molecule has 8 heteroatoms. The van der Waals surface area contributed by atoms with E-state index in [-0.39, 0.29) is 18.0 Å². The largest absolute Gasteiger partial charge is 0.488 e. The van der Waals surface area contributed by atoms with Crippen molar-refractivity contribution in [3.8, 4) is 0 Å². The van der Waals surface area contributed by atoms with Crippen LogP contribution in [0.5, 0.6) is 0 Å². The molecule has 0 aromatic heterocycles. The first-order valence-corrected chi connectivity index (χ1v) is 14.5. The molecule has 2 N–H and O–H groups in total. The summed E-state index contributed by atoms with van der Waals surface area (Å²) in [5, 5.41) is 17.8. The minimum Gasteiger partial charge on any atom is -0.449 e. The molecule has 44 heavy (non-hydrogen) atoms. The third-order valence-electron chi connectivity index (χ3n) is 7.26. The van der Waals surface area contributed by atoms with Gasteiger partial charge in [0.2, 0.25) is 0 Å². The Morgan fingerprint density at radius 1 is 0.591 bits per heavy atom. The smallest absolute Gasteiger partial charge is 0.449 e. The van der Waals surface area contributed by atoms with Crippen LogP contribution >= 0.6 is 11.6 Å². The number of hydrogen-bond donors (Lipinski definition) is 2. The van der Waals surface area contributed by atoms with Crippen molar-refractivity contribution in [3.63, 3.8) is 0 Å². The average Bonchev–Trinajstić information content (AvgIpc) is 3.48. The number of aryl methyl sites for hydroxylation is 2. The van der Waals surface area contributed by atoms with Crippen molar-refractivity contribution in [2.75, 3.05) is 0 Å². The van der Waals surface area contributed by atoms with Gasteiger partial charge in [-0.15, -0.1) is 0 Å². The molecule has 224 valence electrons. The molecule has 2 aliphatic heterocycles. The number of rotatable bonds is 4. The highest BCUT2D eigenvalue weighted by molar-refractivity contribution is 6.58. The molecule has 4 aromatic rings. The molecule has 2 atom stereocenters. The van der Waals surface area contributed by atoms with Gasteiger partial charge in [-0.2, -0.15) is 0 Å². The van der Waals surface area contributed by atoms with Gasteiger partial charge in [-0.25, -0.2) is 9.59 Å². The van der Waals surface area contributed by atoms with E-state index in [2.05, 4.69) is 19.1 Å². The number of halogens is 1.